The molecule has 0 aliphatic heterocycles. The Morgan fingerprint density at radius 1 is 0.589 bits per heavy atom. The quantitative estimate of drug-likeness (QED) is 0.0913. The fourth-order valence-electron chi connectivity index (χ4n) is 19.1. The SMILES string of the molecule is CC.CC(C)CCC[C@@H](C)C1CCC2C3CC=C4CC(OC(=O)CCN(C)CCCN(C)CCC(=O)O)CC[C@]4(C)C3CC[C@@]21C.CC(C)CCC[C@@H](C)C1CCC2C3CC=C4CCCC[C@]4(C)C3CC[C@@]21C. The molecule has 15 atom stereocenters. The highest BCUT2D eigenvalue weighted by molar-refractivity contribution is 5.69. The number of carbonyl (C=O) groups is 2. The summed E-state index contributed by atoms with van der Waals surface area (Å²) in [5.41, 5.74) is 5.49. The molecule has 1 N–H and O–H groups in total. The maximum atomic E-state index is 12.8. The Bertz CT molecular complexity index is 1800. The Hall–Kier alpha value is -1.66. The largest absolute Gasteiger partial charge is 0.481 e. The van der Waals surface area contributed by atoms with Crippen molar-refractivity contribution in [3.63, 3.8) is 0 Å². The zero-order chi connectivity index (χ0) is 53.3. The summed E-state index contributed by atoms with van der Waals surface area (Å²) < 4.78 is 6.07. The third-order valence-corrected chi connectivity index (χ3v) is 23.3. The number of rotatable bonds is 21. The Labute approximate surface area is 451 Å². The molecule has 6 nitrogen and oxygen atoms in total. The maximum Gasteiger partial charge on any atom is 0.307 e. The minimum atomic E-state index is -0.754. The van der Waals surface area contributed by atoms with Crippen LogP contribution < -0.4 is 0 Å². The normalized spacial score (nSPS) is 37.2. The fraction of sp³-hybridized carbons (Fsp3) is 0.910. The van der Waals surface area contributed by atoms with Gasteiger partial charge in [-0.3, -0.25) is 9.59 Å². The van der Waals surface area contributed by atoms with Crippen molar-refractivity contribution >= 4 is 11.9 Å². The number of allylic oxidation sites excluding steroid dienone is 3. The van der Waals surface area contributed by atoms with Gasteiger partial charge in [0, 0.05) is 19.5 Å². The molecule has 6 saturated carbocycles. The number of nitrogens with zero attached hydrogens (tertiary/aromatic N) is 2. The summed E-state index contributed by atoms with van der Waals surface area (Å²) in [5.74, 6) is 10.1. The third kappa shape index (κ3) is 14.2. The highest BCUT2D eigenvalue weighted by atomic mass is 16.5. The lowest BCUT2D eigenvalue weighted by Crippen LogP contribution is -2.51. The van der Waals surface area contributed by atoms with Gasteiger partial charge in [0.05, 0.1) is 12.8 Å². The fourth-order valence-corrected chi connectivity index (χ4v) is 19.1. The number of ether oxygens (including phenoxy) is 1. The molecule has 0 aromatic carbocycles. The number of hydrogen-bond donors (Lipinski definition) is 1. The van der Waals surface area contributed by atoms with Crippen LogP contribution >= 0.6 is 0 Å². The van der Waals surface area contributed by atoms with Gasteiger partial charge in [-0.05, 0) is 223 Å². The van der Waals surface area contributed by atoms with Gasteiger partial charge in [-0.25, -0.2) is 0 Å². The molecule has 0 aromatic heterocycles. The summed E-state index contributed by atoms with van der Waals surface area (Å²) in [5, 5.41) is 8.84. The van der Waals surface area contributed by atoms with Crippen LogP contribution in [0.1, 0.15) is 250 Å². The van der Waals surface area contributed by atoms with Crippen LogP contribution in [0.2, 0.25) is 0 Å². The van der Waals surface area contributed by atoms with Crippen LogP contribution in [0.25, 0.3) is 0 Å². The van der Waals surface area contributed by atoms with Gasteiger partial charge in [0.2, 0.25) is 0 Å². The molecule has 0 saturated heterocycles. The van der Waals surface area contributed by atoms with Crippen LogP contribution in [0.3, 0.4) is 0 Å². The van der Waals surface area contributed by atoms with E-state index in [0.29, 0.717) is 35.8 Å². The van der Waals surface area contributed by atoms with E-state index in [9.17, 15) is 9.59 Å². The molecule has 73 heavy (non-hydrogen) atoms. The maximum absolute atomic E-state index is 12.8. The first-order chi connectivity index (χ1) is 34.7. The zero-order valence-electron chi connectivity index (χ0n) is 50.4. The predicted molar refractivity (Wildman–Crippen MR) is 308 cm³/mol. The summed E-state index contributed by atoms with van der Waals surface area (Å²) in [6.45, 7) is 32.3. The molecule has 0 amide bonds. The summed E-state index contributed by atoms with van der Waals surface area (Å²) >= 11 is 0. The standard InChI is InChI=1S/C38H66N2O4.C27H46.C2H6/c1-27(2)10-8-11-28(3)32-14-15-33-31-13-12-29-26-30(16-20-37(29,4)34(31)17-21-38(32,33)5)44-36(43)19-25-40(7)23-9-22-39(6)24-18-35(41)42;1-19(2)9-8-10-20(3)23-14-15-24-22-13-12-21-11-6-7-17-26(21,4)25(22)16-18-27(23,24)5;1-2/h12,27-28,30-34H,8-11,13-26H2,1-7H3,(H,41,42);12,19-20,22-25H,6-11,13-18H2,1-5H3;1-2H3/t28-,30?,31?,32?,33?,34?,37+,38-;20-,22?,23?,24?,25?,26+,27-;/m11./s1. The molecule has 0 aromatic rings. The second-order valence-corrected chi connectivity index (χ2v) is 28.5. The van der Waals surface area contributed by atoms with E-state index in [1.165, 1.54) is 128 Å². The van der Waals surface area contributed by atoms with Gasteiger partial charge in [-0.1, -0.05) is 151 Å². The van der Waals surface area contributed by atoms with Crippen molar-refractivity contribution in [3.05, 3.63) is 23.3 Å². The second-order valence-electron chi connectivity index (χ2n) is 28.5. The van der Waals surface area contributed by atoms with Crippen LogP contribution in [0.5, 0.6) is 0 Å². The first-order valence-electron chi connectivity index (χ1n) is 31.9. The molecule has 0 radical (unpaired) electrons. The van der Waals surface area contributed by atoms with E-state index in [4.69, 9.17) is 9.84 Å². The van der Waals surface area contributed by atoms with Gasteiger partial charge in [0.25, 0.3) is 0 Å². The van der Waals surface area contributed by atoms with Crippen LogP contribution in [0.4, 0.5) is 0 Å². The third-order valence-electron chi connectivity index (χ3n) is 23.3. The zero-order valence-corrected chi connectivity index (χ0v) is 50.4. The molecule has 6 heteroatoms. The van der Waals surface area contributed by atoms with E-state index >= 15 is 0 Å². The van der Waals surface area contributed by atoms with E-state index in [2.05, 4.69) is 98.2 Å². The minimum Gasteiger partial charge on any atom is -0.481 e. The van der Waals surface area contributed by atoms with Crippen molar-refractivity contribution < 1.29 is 19.4 Å². The van der Waals surface area contributed by atoms with Crippen LogP contribution in [-0.2, 0) is 14.3 Å². The molecule has 6 fully saturated rings. The highest BCUT2D eigenvalue weighted by Gasteiger charge is 2.60. The summed E-state index contributed by atoms with van der Waals surface area (Å²) in [4.78, 5) is 27.8. The molecular formula is C67H118N2O4. The number of carbonyl (C=O) groups excluding carboxylic acids is 1. The average Bonchev–Trinajstić information content (AvgIpc) is 3.90. The lowest BCUT2D eigenvalue weighted by molar-refractivity contribution is -0.152. The first-order valence-corrected chi connectivity index (χ1v) is 31.9. The first kappa shape index (κ1) is 60.6. The second kappa shape index (κ2) is 26.8. The summed E-state index contributed by atoms with van der Waals surface area (Å²) in [6, 6.07) is 0. The van der Waals surface area contributed by atoms with E-state index in [-0.39, 0.29) is 23.9 Å². The number of fused-ring (bicyclic) bond motifs is 10. The van der Waals surface area contributed by atoms with Gasteiger partial charge in [0.1, 0.15) is 6.10 Å². The van der Waals surface area contributed by atoms with Crippen molar-refractivity contribution in [2.75, 3.05) is 40.3 Å². The van der Waals surface area contributed by atoms with Crippen molar-refractivity contribution in [1.82, 2.24) is 9.80 Å². The molecular weight excluding hydrogens is 897 g/mol. The molecule has 0 spiro atoms. The highest BCUT2D eigenvalue weighted by Crippen LogP contribution is 2.69. The Morgan fingerprint density at radius 2 is 1.08 bits per heavy atom. The smallest absolute Gasteiger partial charge is 0.307 e. The molecule has 8 rings (SSSR count). The molecule has 0 heterocycles. The van der Waals surface area contributed by atoms with Gasteiger partial charge >= 0.3 is 11.9 Å². The van der Waals surface area contributed by atoms with Crippen LogP contribution in [0, 0.1) is 92.7 Å². The van der Waals surface area contributed by atoms with E-state index < -0.39 is 5.97 Å². The molecule has 0 bridgehead atoms. The number of carboxylic acids is 1. The molecule has 9 unspecified atom stereocenters. The average molecular weight is 1020 g/mol. The minimum absolute atomic E-state index is 0.0305. The lowest BCUT2D eigenvalue weighted by Gasteiger charge is -2.58. The lowest BCUT2D eigenvalue weighted by atomic mass is 9.47. The summed E-state index contributed by atoms with van der Waals surface area (Å²) in [6.07, 6.45) is 38.8. The van der Waals surface area contributed by atoms with Crippen LogP contribution in [0.15, 0.2) is 23.3 Å². The Morgan fingerprint density at radius 3 is 1.59 bits per heavy atom. The number of aliphatic carboxylic acids is 1. The van der Waals surface area contributed by atoms with Gasteiger partial charge in [-0.15, -0.1) is 0 Å². The van der Waals surface area contributed by atoms with Crippen molar-refractivity contribution in [1.29, 1.82) is 0 Å². The van der Waals surface area contributed by atoms with Crippen LogP contribution in [-0.4, -0.2) is 73.2 Å². The summed E-state index contributed by atoms with van der Waals surface area (Å²) in [7, 11) is 4.01. The van der Waals surface area contributed by atoms with E-state index in [1.807, 2.05) is 26.5 Å². The number of carboxylic acid groups (broad SMARTS) is 1. The van der Waals surface area contributed by atoms with Crippen molar-refractivity contribution in [2.45, 2.75) is 256 Å². The van der Waals surface area contributed by atoms with Gasteiger partial charge in [-0.2, -0.15) is 0 Å². The molecule has 420 valence electrons. The van der Waals surface area contributed by atoms with E-state index in [0.717, 1.165) is 110 Å². The molecule has 8 aliphatic carbocycles. The van der Waals surface area contributed by atoms with Crippen molar-refractivity contribution in [2.24, 2.45) is 92.7 Å². The van der Waals surface area contributed by atoms with Gasteiger partial charge in [0.15, 0.2) is 0 Å². The Kier molecular flexibility index (Phi) is 22.2. The number of hydrogen-bond acceptors (Lipinski definition) is 5. The predicted octanol–water partition coefficient (Wildman–Crippen LogP) is 17.5. The Balaban J connectivity index is 0.000000255. The van der Waals surface area contributed by atoms with Crippen molar-refractivity contribution in [3.8, 4) is 0 Å². The number of esters is 1. The topological polar surface area (TPSA) is 70.1 Å². The van der Waals surface area contributed by atoms with Gasteiger partial charge < -0.3 is 19.6 Å². The monoisotopic (exact) mass is 1010 g/mol. The molecule has 8 aliphatic rings. The van der Waals surface area contributed by atoms with E-state index in [1.54, 1.807) is 5.57 Å².